The van der Waals surface area contributed by atoms with E-state index in [1.165, 1.54) is 6.08 Å². The fourth-order valence-electron chi connectivity index (χ4n) is 1.52. The average Bonchev–Trinajstić information content (AvgIpc) is 2.42. The van der Waals surface area contributed by atoms with Crippen molar-refractivity contribution in [2.45, 2.75) is 18.9 Å². The number of nitrogens with one attached hydrogen (secondary N) is 1. The van der Waals surface area contributed by atoms with Crippen molar-refractivity contribution in [1.82, 2.24) is 5.32 Å². The summed E-state index contributed by atoms with van der Waals surface area (Å²) in [5.41, 5.74) is -0.0406. The fourth-order valence-corrected chi connectivity index (χ4v) is 1.94. The van der Waals surface area contributed by atoms with Gasteiger partial charge < -0.3 is 15.2 Å². The van der Waals surface area contributed by atoms with Gasteiger partial charge in [0.05, 0.1) is 5.60 Å². The van der Waals surface area contributed by atoms with Gasteiger partial charge in [-0.15, -0.1) is 0 Å². The van der Waals surface area contributed by atoms with Crippen LogP contribution in [-0.4, -0.2) is 36.9 Å². The number of ether oxygens (including phenoxy) is 1. The molecule has 0 fully saturated rings. The molecule has 1 unspecified atom stereocenters. The molecular formula is C15H20BrNO3. The Labute approximate surface area is 128 Å². The van der Waals surface area contributed by atoms with E-state index in [1.54, 1.807) is 20.1 Å². The highest BCUT2D eigenvalue weighted by Gasteiger charge is 2.20. The zero-order chi connectivity index (χ0) is 15.0. The molecule has 1 atom stereocenters. The third kappa shape index (κ3) is 6.32. The van der Waals surface area contributed by atoms with Crippen molar-refractivity contribution in [1.29, 1.82) is 0 Å². The van der Waals surface area contributed by atoms with Crippen LogP contribution < -0.4 is 5.32 Å². The summed E-state index contributed by atoms with van der Waals surface area (Å²) < 4.78 is 5.84. The molecule has 0 aliphatic heterocycles. The summed E-state index contributed by atoms with van der Waals surface area (Å²) in [6, 6.07) is 7.63. The van der Waals surface area contributed by atoms with E-state index in [9.17, 15) is 9.90 Å². The van der Waals surface area contributed by atoms with Crippen LogP contribution in [0.1, 0.15) is 18.9 Å². The molecule has 0 saturated carbocycles. The fraction of sp³-hybridized carbons (Fsp3) is 0.400. The first-order valence-corrected chi connectivity index (χ1v) is 7.16. The lowest BCUT2D eigenvalue weighted by Gasteiger charge is -2.22. The maximum absolute atomic E-state index is 11.7. The van der Waals surface area contributed by atoms with Crippen molar-refractivity contribution < 1.29 is 14.6 Å². The average molecular weight is 342 g/mol. The number of carbonyl (C=O) groups is 1. The van der Waals surface area contributed by atoms with Gasteiger partial charge in [0.1, 0.15) is 0 Å². The van der Waals surface area contributed by atoms with Crippen LogP contribution in [0, 0.1) is 0 Å². The first-order valence-electron chi connectivity index (χ1n) is 6.36. The van der Waals surface area contributed by atoms with E-state index in [2.05, 4.69) is 21.2 Å². The van der Waals surface area contributed by atoms with Crippen molar-refractivity contribution in [2.24, 2.45) is 0 Å². The van der Waals surface area contributed by atoms with Gasteiger partial charge in [-0.05, 0) is 24.6 Å². The van der Waals surface area contributed by atoms with Gasteiger partial charge in [-0.3, -0.25) is 4.79 Å². The summed E-state index contributed by atoms with van der Waals surface area (Å²) in [6.07, 6.45) is 3.65. The van der Waals surface area contributed by atoms with Crippen LogP contribution in [0.15, 0.2) is 34.8 Å². The Morgan fingerprint density at radius 3 is 2.85 bits per heavy atom. The van der Waals surface area contributed by atoms with Crippen LogP contribution in [0.5, 0.6) is 0 Å². The van der Waals surface area contributed by atoms with Crippen LogP contribution in [0.25, 0.3) is 6.08 Å². The van der Waals surface area contributed by atoms with Crippen LogP contribution in [0.4, 0.5) is 0 Å². The molecule has 2 N–H and O–H groups in total. The Balaban J connectivity index is 2.46. The second-order valence-corrected chi connectivity index (χ2v) is 5.67. The zero-order valence-corrected chi connectivity index (χ0v) is 13.3. The highest BCUT2D eigenvalue weighted by Crippen LogP contribution is 2.17. The Morgan fingerprint density at radius 1 is 1.50 bits per heavy atom. The SMILES string of the molecule is COCCC(C)(O)CNC(=O)/C=C/c1ccccc1Br. The lowest BCUT2D eigenvalue weighted by molar-refractivity contribution is -0.117. The number of aliphatic hydroxyl groups is 1. The van der Waals surface area contributed by atoms with Gasteiger partial charge in [0.15, 0.2) is 0 Å². The topological polar surface area (TPSA) is 58.6 Å². The molecule has 0 saturated heterocycles. The minimum atomic E-state index is -0.965. The number of methoxy groups -OCH3 is 1. The molecule has 1 rings (SSSR count). The Bertz CT molecular complexity index is 472. The second kappa shape index (κ2) is 8.19. The number of rotatable bonds is 7. The standard InChI is InChI=1S/C15H20BrNO3/c1-15(19,9-10-20-2)11-17-14(18)8-7-12-5-3-4-6-13(12)16/h3-8,19H,9-11H2,1-2H3,(H,17,18)/b8-7+. The molecule has 0 aromatic heterocycles. The zero-order valence-electron chi connectivity index (χ0n) is 11.7. The molecule has 0 spiro atoms. The summed E-state index contributed by atoms with van der Waals surface area (Å²) in [4.78, 5) is 11.7. The number of benzene rings is 1. The summed E-state index contributed by atoms with van der Waals surface area (Å²) in [5, 5.41) is 12.7. The van der Waals surface area contributed by atoms with E-state index < -0.39 is 5.60 Å². The van der Waals surface area contributed by atoms with Crippen LogP contribution in [0.3, 0.4) is 0 Å². The van der Waals surface area contributed by atoms with Gasteiger partial charge in [-0.1, -0.05) is 34.1 Å². The van der Waals surface area contributed by atoms with E-state index in [0.717, 1.165) is 10.0 Å². The minimum Gasteiger partial charge on any atom is -0.388 e. The molecule has 0 aliphatic carbocycles. The van der Waals surface area contributed by atoms with Crippen molar-refractivity contribution in [3.8, 4) is 0 Å². The normalized spacial score (nSPS) is 14.2. The Kier molecular flexibility index (Phi) is 6.91. The molecule has 0 bridgehead atoms. The van der Waals surface area contributed by atoms with Crippen LogP contribution in [-0.2, 0) is 9.53 Å². The van der Waals surface area contributed by atoms with Gasteiger partial charge in [0.2, 0.25) is 5.91 Å². The van der Waals surface area contributed by atoms with Crippen molar-refractivity contribution >= 4 is 27.9 Å². The first-order chi connectivity index (χ1) is 9.44. The number of halogens is 1. The third-order valence-corrected chi connectivity index (χ3v) is 3.53. The Hall–Kier alpha value is -1.17. The second-order valence-electron chi connectivity index (χ2n) is 4.81. The molecule has 0 heterocycles. The maximum Gasteiger partial charge on any atom is 0.244 e. The summed E-state index contributed by atoms with van der Waals surface area (Å²) >= 11 is 3.41. The highest BCUT2D eigenvalue weighted by atomic mass is 79.9. The molecular weight excluding hydrogens is 322 g/mol. The van der Waals surface area contributed by atoms with Gasteiger partial charge in [0, 0.05) is 37.2 Å². The number of hydrogen-bond donors (Lipinski definition) is 2. The largest absolute Gasteiger partial charge is 0.388 e. The maximum atomic E-state index is 11.7. The van der Waals surface area contributed by atoms with E-state index in [4.69, 9.17) is 4.74 Å². The van der Waals surface area contributed by atoms with Crippen molar-refractivity contribution in [3.63, 3.8) is 0 Å². The van der Waals surface area contributed by atoms with E-state index in [0.29, 0.717) is 13.0 Å². The summed E-state index contributed by atoms with van der Waals surface area (Å²) in [7, 11) is 1.58. The van der Waals surface area contributed by atoms with Gasteiger partial charge in [-0.25, -0.2) is 0 Å². The quantitative estimate of drug-likeness (QED) is 0.748. The molecule has 1 amide bonds. The Morgan fingerprint density at radius 2 is 2.20 bits per heavy atom. The van der Waals surface area contributed by atoms with E-state index >= 15 is 0 Å². The van der Waals surface area contributed by atoms with Crippen LogP contribution in [0.2, 0.25) is 0 Å². The van der Waals surface area contributed by atoms with Crippen molar-refractivity contribution in [3.05, 3.63) is 40.4 Å². The molecule has 110 valence electrons. The van der Waals surface area contributed by atoms with Gasteiger partial charge >= 0.3 is 0 Å². The minimum absolute atomic E-state index is 0.190. The third-order valence-electron chi connectivity index (χ3n) is 2.81. The summed E-state index contributed by atoms with van der Waals surface area (Å²) in [5.74, 6) is -0.238. The van der Waals surface area contributed by atoms with E-state index in [-0.39, 0.29) is 12.5 Å². The molecule has 5 heteroatoms. The highest BCUT2D eigenvalue weighted by molar-refractivity contribution is 9.10. The smallest absolute Gasteiger partial charge is 0.244 e. The number of carbonyl (C=O) groups excluding carboxylic acids is 1. The molecule has 1 aromatic carbocycles. The predicted molar refractivity (Wildman–Crippen MR) is 83.3 cm³/mol. The molecule has 0 aliphatic rings. The predicted octanol–water partition coefficient (Wildman–Crippen LogP) is 2.37. The lowest BCUT2D eigenvalue weighted by atomic mass is 10.0. The van der Waals surface area contributed by atoms with Crippen molar-refractivity contribution in [2.75, 3.05) is 20.3 Å². The van der Waals surface area contributed by atoms with E-state index in [1.807, 2.05) is 24.3 Å². The molecule has 4 nitrogen and oxygen atoms in total. The molecule has 0 radical (unpaired) electrons. The summed E-state index contributed by atoms with van der Waals surface area (Å²) in [6.45, 7) is 2.31. The number of amides is 1. The van der Waals surface area contributed by atoms with Gasteiger partial charge in [0.25, 0.3) is 0 Å². The molecule has 1 aromatic rings. The monoisotopic (exact) mass is 341 g/mol. The molecule has 20 heavy (non-hydrogen) atoms. The lowest BCUT2D eigenvalue weighted by Crippen LogP contribution is -2.40. The van der Waals surface area contributed by atoms with Crippen LogP contribution >= 0.6 is 15.9 Å². The number of hydrogen-bond acceptors (Lipinski definition) is 3. The van der Waals surface area contributed by atoms with Gasteiger partial charge in [-0.2, -0.15) is 0 Å². The first kappa shape index (κ1) is 16.9.